The summed E-state index contributed by atoms with van der Waals surface area (Å²) in [6.07, 6.45) is 2.56. The van der Waals surface area contributed by atoms with E-state index < -0.39 is 12.1 Å². The van der Waals surface area contributed by atoms with Crippen LogP contribution in [0.4, 0.5) is 4.39 Å². The zero-order chi connectivity index (χ0) is 15.1. The summed E-state index contributed by atoms with van der Waals surface area (Å²) in [5.74, 6) is -1.04. The van der Waals surface area contributed by atoms with Crippen LogP contribution < -0.4 is 5.32 Å². The molecule has 0 heterocycles. The average Bonchev–Trinajstić information content (AvgIpc) is 2.58. The molecule has 0 aliphatic heterocycles. The number of methoxy groups -OCH3 is 1. The van der Waals surface area contributed by atoms with Crippen molar-refractivity contribution in [2.24, 2.45) is 0 Å². The Bertz CT molecular complexity index is 444. The molecule has 1 aliphatic rings. The second-order valence-corrected chi connectivity index (χ2v) is 4.32. The van der Waals surface area contributed by atoms with Crippen LogP contribution >= 0.6 is 0 Å². The molecule has 1 unspecified atom stereocenters. The zero-order valence-corrected chi connectivity index (χ0v) is 12.0. The second kappa shape index (κ2) is 7.69. The molecule has 0 aromatic heterocycles. The van der Waals surface area contributed by atoms with Crippen molar-refractivity contribution in [3.8, 4) is 0 Å². The fourth-order valence-corrected chi connectivity index (χ4v) is 1.97. The summed E-state index contributed by atoms with van der Waals surface area (Å²) in [4.78, 5) is 13.1. The first-order valence-electron chi connectivity index (χ1n) is 6.50. The number of carboxylic acid groups (broad SMARTS) is 1. The zero-order valence-electron chi connectivity index (χ0n) is 12.0. The van der Waals surface area contributed by atoms with E-state index in [4.69, 9.17) is 9.84 Å². The third-order valence-corrected chi connectivity index (χ3v) is 3.03. The Morgan fingerprint density at radius 1 is 1.55 bits per heavy atom. The van der Waals surface area contributed by atoms with Crippen LogP contribution in [0, 0.1) is 0 Å². The van der Waals surface area contributed by atoms with Crippen LogP contribution in [-0.2, 0) is 9.53 Å². The van der Waals surface area contributed by atoms with Gasteiger partial charge >= 0.3 is 5.97 Å². The first-order valence-corrected chi connectivity index (χ1v) is 6.50. The van der Waals surface area contributed by atoms with Crippen molar-refractivity contribution in [2.75, 3.05) is 33.8 Å². The largest absolute Gasteiger partial charge is 0.496 e. The Hall–Kier alpha value is -1.82. The maximum absolute atomic E-state index is 13.9. The fourth-order valence-electron chi connectivity index (χ4n) is 1.97. The third-order valence-electron chi connectivity index (χ3n) is 3.03. The van der Waals surface area contributed by atoms with Crippen molar-refractivity contribution < 1.29 is 19.0 Å². The van der Waals surface area contributed by atoms with Crippen molar-refractivity contribution in [2.45, 2.75) is 13.1 Å². The van der Waals surface area contributed by atoms with Crippen LogP contribution in [-0.4, -0.2) is 55.9 Å². The maximum atomic E-state index is 13.9. The van der Waals surface area contributed by atoms with E-state index in [1.807, 2.05) is 18.9 Å². The van der Waals surface area contributed by atoms with Gasteiger partial charge in [0.15, 0.2) is 0 Å². The highest BCUT2D eigenvalue weighted by atomic mass is 19.1. The van der Waals surface area contributed by atoms with Gasteiger partial charge in [-0.3, -0.25) is 0 Å². The van der Waals surface area contributed by atoms with Crippen molar-refractivity contribution in [3.63, 3.8) is 0 Å². The van der Waals surface area contributed by atoms with Gasteiger partial charge in [-0.25, -0.2) is 9.18 Å². The Kier molecular flexibility index (Phi) is 6.24. The minimum absolute atomic E-state index is 0.157. The number of carboxylic acids is 1. The number of allylic oxidation sites excluding steroid dienone is 3. The smallest absolute Gasteiger partial charge is 0.339 e. The van der Waals surface area contributed by atoms with E-state index in [-0.39, 0.29) is 11.3 Å². The quantitative estimate of drug-likeness (QED) is 0.738. The number of ether oxygens (including phenoxy) is 1. The standard InChI is InChI=1S/C14H21FN2O3/c1-4-17(6-5-16-2)11-7-10(15)8-12(14(18)19)13(9-11)20-3/h7-10,16H,4-6H2,1-3H3,(H,18,19). The first-order chi connectivity index (χ1) is 9.53. The number of rotatable bonds is 7. The van der Waals surface area contributed by atoms with E-state index in [1.54, 1.807) is 6.08 Å². The molecule has 0 saturated heterocycles. The van der Waals surface area contributed by atoms with Gasteiger partial charge in [0.1, 0.15) is 17.5 Å². The summed E-state index contributed by atoms with van der Waals surface area (Å²) in [7, 11) is 3.22. The summed E-state index contributed by atoms with van der Waals surface area (Å²) in [6.45, 7) is 4.09. The van der Waals surface area contributed by atoms with E-state index in [2.05, 4.69) is 5.32 Å². The number of aliphatic carboxylic acids is 1. The predicted octanol–water partition coefficient (Wildman–Crippen LogP) is 1.30. The van der Waals surface area contributed by atoms with E-state index >= 15 is 0 Å². The molecule has 20 heavy (non-hydrogen) atoms. The molecule has 0 fully saturated rings. The van der Waals surface area contributed by atoms with Crippen molar-refractivity contribution >= 4 is 5.97 Å². The molecule has 0 saturated carbocycles. The number of hydrogen-bond donors (Lipinski definition) is 2. The predicted molar refractivity (Wildman–Crippen MR) is 75.0 cm³/mol. The summed E-state index contributed by atoms with van der Waals surface area (Å²) < 4.78 is 19.0. The molecule has 6 heteroatoms. The molecule has 1 aliphatic carbocycles. The summed E-state index contributed by atoms with van der Waals surface area (Å²) in [5.41, 5.74) is 0.468. The van der Waals surface area contributed by atoms with Gasteiger partial charge in [-0.15, -0.1) is 0 Å². The molecule has 0 aromatic carbocycles. The Labute approximate surface area is 118 Å². The Balaban J connectivity index is 3.08. The minimum atomic E-state index is -1.45. The highest BCUT2D eigenvalue weighted by Crippen LogP contribution is 2.22. The van der Waals surface area contributed by atoms with Crippen LogP contribution in [0.5, 0.6) is 0 Å². The van der Waals surface area contributed by atoms with E-state index in [9.17, 15) is 9.18 Å². The lowest BCUT2D eigenvalue weighted by molar-refractivity contribution is -0.132. The van der Waals surface area contributed by atoms with Crippen LogP contribution in [0.3, 0.4) is 0 Å². The number of carbonyl (C=O) groups is 1. The normalized spacial score (nSPS) is 18.6. The number of nitrogens with zero attached hydrogens (tertiary/aromatic N) is 1. The van der Waals surface area contributed by atoms with Gasteiger partial charge in [-0.05, 0) is 26.1 Å². The topological polar surface area (TPSA) is 61.8 Å². The minimum Gasteiger partial charge on any atom is -0.496 e. The molecule has 0 bridgehead atoms. The molecule has 0 spiro atoms. The fraction of sp³-hybridized carbons (Fsp3) is 0.500. The maximum Gasteiger partial charge on any atom is 0.339 e. The lowest BCUT2D eigenvalue weighted by Gasteiger charge is -2.24. The monoisotopic (exact) mass is 284 g/mol. The third kappa shape index (κ3) is 4.09. The van der Waals surface area contributed by atoms with Gasteiger partial charge in [-0.2, -0.15) is 0 Å². The number of alkyl halides is 1. The number of hydrogen-bond acceptors (Lipinski definition) is 4. The molecule has 0 amide bonds. The number of nitrogens with one attached hydrogen (secondary N) is 1. The summed E-state index contributed by atoms with van der Waals surface area (Å²) in [6, 6.07) is 0. The van der Waals surface area contributed by atoms with Gasteiger partial charge in [0.25, 0.3) is 0 Å². The van der Waals surface area contributed by atoms with Gasteiger partial charge in [0.2, 0.25) is 0 Å². The molecular formula is C14H21FN2O3. The van der Waals surface area contributed by atoms with Crippen LogP contribution in [0.15, 0.2) is 35.3 Å². The number of halogens is 1. The van der Waals surface area contributed by atoms with Crippen molar-refractivity contribution in [1.29, 1.82) is 0 Å². The highest BCUT2D eigenvalue weighted by molar-refractivity contribution is 5.91. The van der Waals surface area contributed by atoms with Gasteiger partial charge in [0, 0.05) is 31.4 Å². The van der Waals surface area contributed by atoms with Crippen molar-refractivity contribution in [1.82, 2.24) is 10.2 Å². The molecule has 0 aromatic rings. The second-order valence-electron chi connectivity index (χ2n) is 4.32. The van der Waals surface area contributed by atoms with Crippen LogP contribution in [0.2, 0.25) is 0 Å². The Morgan fingerprint density at radius 2 is 2.25 bits per heavy atom. The molecule has 1 atom stereocenters. The van der Waals surface area contributed by atoms with E-state index in [0.717, 1.165) is 12.6 Å². The van der Waals surface area contributed by atoms with E-state index in [0.29, 0.717) is 18.8 Å². The van der Waals surface area contributed by atoms with Gasteiger partial charge in [0.05, 0.1) is 7.11 Å². The SMILES string of the molecule is CCN(CCNC)C1=CC(F)C=C(C(=O)O)C(OC)=C1. The van der Waals surface area contributed by atoms with E-state index in [1.165, 1.54) is 13.2 Å². The Morgan fingerprint density at radius 3 is 2.75 bits per heavy atom. The van der Waals surface area contributed by atoms with Crippen LogP contribution in [0.25, 0.3) is 0 Å². The molecular weight excluding hydrogens is 263 g/mol. The van der Waals surface area contributed by atoms with Gasteiger partial charge < -0.3 is 20.1 Å². The van der Waals surface area contributed by atoms with Crippen molar-refractivity contribution in [3.05, 3.63) is 35.3 Å². The molecule has 5 nitrogen and oxygen atoms in total. The first kappa shape index (κ1) is 16.2. The lowest BCUT2D eigenvalue weighted by atomic mass is 10.2. The highest BCUT2D eigenvalue weighted by Gasteiger charge is 2.21. The molecule has 112 valence electrons. The number of likely N-dealkylation sites (N-methyl/N-ethyl adjacent to an activating group) is 2. The molecule has 1 rings (SSSR count). The lowest BCUT2D eigenvalue weighted by Crippen LogP contribution is -2.30. The summed E-state index contributed by atoms with van der Waals surface area (Å²) in [5, 5.41) is 12.1. The molecule has 0 radical (unpaired) electrons. The summed E-state index contributed by atoms with van der Waals surface area (Å²) >= 11 is 0. The van der Waals surface area contributed by atoms with Gasteiger partial charge in [-0.1, -0.05) is 0 Å². The van der Waals surface area contributed by atoms with Crippen LogP contribution in [0.1, 0.15) is 6.92 Å². The average molecular weight is 284 g/mol. The molecule has 2 N–H and O–H groups in total.